The standard InChI is InChI=1S/C14H25N5O/c1-10(2)12-13(18-15)16-9-17-14(12)19(3)8-11-6-4-5-7-20-11/h9-11H,4-8,15H2,1-3H3,(H,16,17,18). The summed E-state index contributed by atoms with van der Waals surface area (Å²) in [6.07, 6.45) is 5.38. The number of nitrogens with zero attached hydrogens (tertiary/aromatic N) is 3. The third kappa shape index (κ3) is 3.37. The van der Waals surface area contributed by atoms with Gasteiger partial charge in [0.1, 0.15) is 18.0 Å². The number of aromatic nitrogens is 2. The molecule has 2 heterocycles. The fourth-order valence-electron chi connectivity index (χ4n) is 2.68. The SMILES string of the molecule is CC(C)c1c(NN)ncnc1N(C)CC1CCCCO1. The van der Waals surface area contributed by atoms with Crippen molar-refractivity contribution >= 4 is 11.6 Å². The predicted molar refractivity (Wildman–Crippen MR) is 80.8 cm³/mol. The van der Waals surface area contributed by atoms with Crippen LogP contribution >= 0.6 is 0 Å². The number of ether oxygens (including phenoxy) is 1. The van der Waals surface area contributed by atoms with E-state index in [0.717, 1.165) is 31.0 Å². The van der Waals surface area contributed by atoms with Gasteiger partial charge >= 0.3 is 0 Å². The van der Waals surface area contributed by atoms with E-state index in [1.54, 1.807) is 6.33 Å². The van der Waals surface area contributed by atoms with Gasteiger partial charge in [0.15, 0.2) is 0 Å². The van der Waals surface area contributed by atoms with Gasteiger partial charge < -0.3 is 15.1 Å². The number of rotatable bonds is 5. The maximum atomic E-state index is 5.80. The van der Waals surface area contributed by atoms with Gasteiger partial charge in [-0.2, -0.15) is 0 Å². The first-order chi connectivity index (χ1) is 9.63. The number of likely N-dealkylation sites (N-methyl/N-ethyl adjacent to an activating group) is 1. The fourth-order valence-corrected chi connectivity index (χ4v) is 2.68. The van der Waals surface area contributed by atoms with Gasteiger partial charge in [-0.25, -0.2) is 15.8 Å². The Morgan fingerprint density at radius 1 is 1.45 bits per heavy atom. The molecule has 1 atom stereocenters. The number of anilines is 2. The van der Waals surface area contributed by atoms with Gasteiger partial charge in [-0.15, -0.1) is 0 Å². The summed E-state index contributed by atoms with van der Waals surface area (Å²) in [5, 5.41) is 0. The Hall–Kier alpha value is -1.40. The maximum absolute atomic E-state index is 5.80. The molecule has 2 rings (SSSR count). The zero-order valence-electron chi connectivity index (χ0n) is 12.6. The lowest BCUT2D eigenvalue weighted by atomic mass is 10.0. The van der Waals surface area contributed by atoms with E-state index < -0.39 is 0 Å². The number of nitrogens with two attached hydrogens (primary N) is 1. The first kappa shape index (κ1) is 15.0. The Bertz CT molecular complexity index is 432. The average Bonchev–Trinajstić information content (AvgIpc) is 2.47. The summed E-state index contributed by atoms with van der Waals surface area (Å²) >= 11 is 0. The Morgan fingerprint density at radius 2 is 2.25 bits per heavy atom. The molecule has 1 aromatic rings. The van der Waals surface area contributed by atoms with Crippen molar-refractivity contribution in [2.45, 2.75) is 45.1 Å². The molecule has 6 heteroatoms. The van der Waals surface area contributed by atoms with E-state index in [4.69, 9.17) is 10.6 Å². The topological polar surface area (TPSA) is 76.3 Å². The van der Waals surface area contributed by atoms with Crippen LogP contribution in [0.5, 0.6) is 0 Å². The summed E-state index contributed by atoms with van der Waals surface area (Å²) in [7, 11) is 2.05. The molecular weight excluding hydrogens is 254 g/mol. The number of hydrogen-bond donors (Lipinski definition) is 2. The van der Waals surface area contributed by atoms with E-state index in [2.05, 4.69) is 34.1 Å². The van der Waals surface area contributed by atoms with E-state index in [1.807, 2.05) is 7.05 Å². The third-order valence-electron chi connectivity index (χ3n) is 3.69. The molecule has 1 unspecified atom stereocenters. The minimum atomic E-state index is 0.290. The first-order valence-electron chi connectivity index (χ1n) is 7.27. The van der Waals surface area contributed by atoms with Gasteiger partial charge in [-0.3, -0.25) is 0 Å². The highest BCUT2D eigenvalue weighted by Crippen LogP contribution is 2.30. The van der Waals surface area contributed by atoms with Crippen molar-refractivity contribution in [3.8, 4) is 0 Å². The van der Waals surface area contributed by atoms with Gasteiger partial charge in [-0.05, 0) is 25.2 Å². The summed E-state index contributed by atoms with van der Waals surface area (Å²) in [6, 6.07) is 0. The molecule has 0 spiro atoms. The van der Waals surface area contributed by atoms with E-state index in [1.165, 1.54) is 12.8 Å². The molecule has 1 aromatic heterocycles. The number of hydrazine groups is 1. The van der Waals surface area contributed by atoms with Crippen molar-refractivity contribution in [2.24, 2.45) is 5.84 Å². The predicted octanol–water partition coefficient (Wildman–Crippen LogP) is 1.89. The average molecular weight is 279 g/mol. The lowest BCUT2D eigenvalue weighted by Crippen LogP contribution is -2.34. The molecule has 0 bridgehead atoms. The molecule has 3 N–H and O–H groups in total. The monoisotopic (exact) mass is 279 g/mol. The van der Waals surface area contributed by atoms with Crippen LogP contribution in [-0.4, -0.2) is 36.3 Å². The van der Waals surface area contributed by atoms with Crippen molar-refractivity contribution in [3.63, 3.8) is 0 Å². The molecule has 0 amide bonds. The Labute approximate surface area is 120 Å². The molecule has 0 radical (unpaired) electrons. The third-order valence-corrected chi connectivity index (χ3v) is 3.69. The summed E-state index contributed by atoms with van der Waals surface area (Å²) in [6.45, 7) is 5.96. The van der Waals surface area contributed by atoms with Crippen molar-refractivity contribution in [2.75, 3.05) is 30.5 Å². The summed E-state index contributed by atoms with van der Waals surface area (Å²) in [4.78, 5) is 10.8. The lowest BCUT2D eigenvalue weighted by molar-refractivity contribution is 0.0215. The maximum Gasteiger partial charge on any atom is 0.148 e. The van der Waals surface area contributed by atoms with Crippen LogP contribution in [0, 0.1) is 0 Å². The summed E-state index contributed by atoms with van der Waals surface area (Å²) < 4.78 is 5.80. The summed E-state index contributed by atoms with van der Waals surface area (Å²) in [5.74, 6) is 7.48. The number of nitrogens with one attached hydrogen (secondary N) is 1. The van der Waals surface area contributed by atoms with Crippen LogP contribution in [0.3, 0.4) is 0 Å². The van der Waals surface area contributed by atoms with Gasteiger partial charge in [0.2, 0.25) is 0 Å². The molecule has 1 saturated heterocycles. The molecule has 0 saturated carbocycles. The normalized spacial score (nSPS) is 19.1. The Kier molecular flexibility index (Phi) is 5.14. The molecule has 6 nitrogen and oxygen atoms in total. The van der Waals surface area contributed by atoms with Crippen LogP contribution in [0.2, 0.25) is 0 Å². The van der Waals surface area contributed by atoms with E-state index in [0.29, 0.717) is 11.7 Å². The largest absolute Gasteiger partial charge is 0.376 e. The molecule has 0 aliphatic carbocycles. The molecule has 0 aromatic carbocycles. The number of hydrogen-bond acceptors (Lipinski definition) is 6. The van der Waals surface area contributed by atoms with Crippen molar-refractivity contribution in [3.05, 3.63) is 11.9 Å². The van der Waals surface area contributed by atoms with Crippen LogP contribution in [-0.2, 0) is 4.74 Å². The molecular formula is C14H25N5O. The van der Waals surface area contributed by atoms with Gasteiger partial charge in [0.05, 0.1) is 6.10 Å². The van der Waals surface area contributed by atoms with Crippen LogP contribution in [0.15, 0.2) is 6.33 Å². The van der Waals surface area contributed by atoms with Gasteiger partial charge in [-0.1, -0.05) is 13.8 Å². The zero-order valence-corrected chi connectivity index (χ0v) is 12.6. The van der Waals surface area contributed by atoms with Crippen molar-refractivity contribution in [1.29, 1.82) is 0 Å². The second-order valence-corrected chi connectivity index (χ2v) is 5.63. The molecule has 1 aliphatic rings. The highest BCUT2D eigenvalue weighted by Gasteiger charge is 2.21. The minimum absolute atomic E-state index is 0.290. The van der Waals surface area contributed by atoms with E-state index in [9.17, 15) is 0 Å². The molecule has 20 heavy (non-hydrogen) atoms. The number of nitrogen functional groups attached to an aromatic ring is 1. The zero-order chi connectivity index (χ0) is 14.5. The Balaban J connectivity index is 2.17. The van der Waals surface area contributed by atoms with Crippen LogP contribution in [0.1, 0.15) is 44.6 Å². The lowest BCUT2D eigenvalue weighted by Gasteiger charge is -2.30. The second kappa shape index (κ2) is 6.85. The summed E-state index contributed by atoms with van der Waals surface area (Å²) in [5.41, 5.74) is 3.72. The second-order valence-electron chi connectivity index (χ2n) is 5.63. The van der Waals surface area contributed by atoms with Crippen LogP contribution < -0.4 is 16.2 Å². The van der Waals surface area contributed by atoms with Gasteiger partial charge in [0.25, 0.3) is 0 Å². The minimum Gasteiger partial charge on any atom is -0.376 e. The fraction of sp³-hybridized carbons (Fsp3) is 0.714. The molecule has 1 fully saturated rings. The van der Waals surface area contributed by atoms with E-state index >= 15 is 0 Å². The highest BCUT2D eigenvalue weighted by atomic mass is 16.5. The Morgan fingerprint density at radius 3 is 2.85 bits per heavy atom. The van der Waals surface area contributed by atoms with Crippen molar-refractivity contribution < 1.29 is 4.74 Å². The smallest absolute Gasteiger partial charge is 0.148 e. The molecule has 112 valence electrons. The van der Waals surface area contributed by atoms with Crippen LogP contribution in [0.4, 0.5) is 11.6 Å². The molecule has 1 aliphatic heterocycles. The van der Waals surface area contributed by atoms with Gasteiger partial charge in [0, 0.05) is 25.8 Å². The van der Waals surface area contributed by atoms with Crippen LogP contribution in [0.25, 0.3) is 0 Å². The first-order valence-corrected chi connectivity index (χ1v) is 7.27. The van der Waals surface area contributed by atoms with E-state index in [-0.39, 0.29) is 6.10 Å². The van der Waals surface area contributed by atoms with Crippen molar-refractivity contribution in [1.82, 2.24) is 9.97 Å². The highest BCUT2D eigenvalue weighted by molar-refractivity contribution is 5.59. The quantitative estimate of drug-likeness (QED) is 0.633.